The van der Waals surface area contributed by atoms with E-state index in [0.717, 1.165) is 28.6 Å². The monoisotopic (exact) mass is 322 g/mol. The van der Waals surface area contributed by atoms with E-state index in [-0.39, 0.29) is 5.91 Å². The highest BCUT2D eigenvalue weighted by Crippen LogP contribution is 2.31. The predicted molar refractivity (Wildman–Crippen MR) is 90.1 cm³/mol. The van der Waals surface area contributed by atoms with Crippen molar-refractivity contribution >= 4 is 22.6 Å². The molecule has 1 aliphatic rings. The highest BCUT2D eigenvalue weighted by Gasteiger charge is 2.27. The van der Waals surface area contributed by atoms with Gasteiger partial charge in [-0.05, 0) is 48.4 Å². The van der Waals surface area contributed by atoms with Gasteiger partial charge >= 0.3 is 0 Å². The topological polar surface area (TPSA) is 42.4 Å². The Bertz CT molecular complexity index is 955. The molecule has 0 saturated heterocycles. The molecule has 2 aromatic carbocycles. The number of methoxy groups -OCH3 is 1. The first-order valence-corrected chi connectivity index (χ1v) is 7.71. The van der Waals surface area contributed by atoms with Crippen molar-refractivity contribution in [3.05, 3.63) is 65.5 Å². The largest absolute Gasteiger partial charge is 0.497 e. The molecule has 1 aliphatic heterocycles. The fraction of sp³-hybridized carbons (Fsp3) is 0.158. The number of rotatable bonds is 2. The first-order valence-electron chi connectivity index (χ1n) is 7.71. The van der Waals surface area contributed by atoms with E-state index in [2.05, 4.69) is 11.1 Å². The number of fused-ring (bicyclic) bond motifs is 2. The summed E-state index contributed by atoms with van der Waals surface area (Å²) in [5.74, 6) is 0.709. The maximum atomic E-state index is 13.4. The van der Waals surface area contributed by atoms with Crippen molar-refractivity contribution in [2.75, 3.05) is 18.6 Å². The average Bonchev–Trinajstić information content (AvgIpc) is 3.01. The number of hydrogen-bond acceptors (Lipinski definition) is 3. The normalized spacial score (nSPS) is 13.2. The second-order valence-corrected chi connectivity index (χ2v) is 5.75. The highest BCUT2D eigenvalue weighted by molar-refractivity contribution is 6.07. The van der Waals surface area contributed by atoms with Gasteiger partial charge in [0.1, 0.15) is 17.4 Å². The van der Waals surface area contributed by atoms with E-state index in [9.17, 15) is 9.18 Å². The van der Waals surface area contributed by atoms with Crippen LogP contribution in [-0.4, -0.2) is 24.5 Å². The van der Waals surface area contributed by atoms with Crippen LogP contribution in [0.5, 0.6) is 5.75 Å². The van der Waals surface area contributed by atoms with Crippen LogP contribution in [0.25, 0.3) is 10.9 Å². The maximum absolute atomic E-state index is 13.4. The molecule has 120 valence electrons. The van der Waals surface area contributed by atoms with Gasteiger partial charge in [0, 0.05) is 23.6 Å². The Morgan fingerprint density at radius 2 is 2.08 bits per heavy atom. The zero-order chi connectivity index (χ0) is 16.7. The molecular weight excluding hydrogens is 307 g/mol. The minimum absolute atomic E-state index is 0.233. The molecule has 24 heavy (non-hydrogen) atoms. The van der Waals surface area contributed by atoms with Crippen LogP contribution in [0, 0.1) is 5.82 Å². The van der Waals surface area contributed by atoms with Crippen LogP contribution in [0.4, 0.5) is 10.2 Å². The third-order valence-corrected chi connectivity index (χ3v) is 4.26. The summed E-state index contributed by atoms with van der Waals surface area (Å²) < 4.78 is 18.6. The van der Waals surface area contributed by atoms with Crippen molar-refractivity contribution in [1.29, 1.82) is 0 Å². The minimum atomic E-state index is -0.420. The third kappa shape index (κ3) is 2.38. The van der Waals surface area contributed by atoms with E-state index >= 15 is 0 Å². The van der Waals surface area contributed by atoms with Gasteiger partial charge in [0.2, 0.25) is 0 Å². The van der Waals surface area contributed by atoms with E-state index in [1.54, 1.807) is 18.1 Å². The van der Waals surface area contributed by atoms with Gasteiger partial charge in [-0.1, -0.05) is 6.07 Å². The first-order chi connectivity index (χ1) is 11.7. The number of halogens is 1. The number of pyridine rings is 1. The lowest BCUT2D eigenvalue weighted by Crippen LogP contribution is -2.29. The summed E-state index contributed by atoms with van der Waals surface area (Å²) in [7, 11) is 1.61. The fourth-order valence-electron chi connectivity index (χ4n) is 3.04. The van der Waals surface area contributed by atoms with Crippen LogP contribution in [0.1, 0.15) is 15.9 Å². The van der Waals surface area contributed by atoms with Crippen molar-refractivity contribution < 1.29 is 13.9 Å². The Morgan fingerprint density at radius 1 is 1.21 bits per heavy atom. The molecule has 0 bridgehead atoms. The van der Waals surface area contributed by atoms with Gasteiger partial charge < -0.3 is 4.74 Å². The van der Waals surface area contributed by atoms with Gasteiger partial charge in [-0.3, -0.25) is 9.69 Å². The first kappa shape index (κ1) is 14.6. The molecule has 0 aliphatic carbocycles. The lowest BCUT2D eigenvalue weighted by Gasteiger charge is -2.17. The van der Waals surface area contributed by atoms with Gasteiger partial charge in [0.15, 0.2) is 0 Å². The molecule has 4 rings (SSSR count). The molecule has 1 aromatic heterocycles. The third-order valence-electron chi connectivity index (χ3n) is 4.26. The standard InChI is InChI=1S/C19H15FN2O2/c1-24-16-6-5-12-9-13-7-8-22(18(13)21-17(12)11-16)19(23)14-3-2-4-15(20)10-14/h2-6,9-11H,7-8H2,1H3. The Hall–Kier alpha value is -2.95. The van der Waals surface area contributed by atoms with Crippen LogP contribution in [0.3, 0.4) is 0 Å². The van der Waals surface area contributed by atoms with Crippen molar-refractivity contribution in [3.8, 4) is 5.75 Å². The Balaban J connectivity index is 1.77. The summed E-state index contributed by atoms with van der Waals surface area (Å²) in [6, 6.07) is 13.5. The fourth-order valence-corrected chi connectivity index (χ4v) is 3.04. The molecule has 0 fully saturated rings. The van der Waals surface area contributed by atoms with Gasteiger partial charge in [-0.25, -0.2) is 9.37 Å². The van der Waals surface area contributed by atoms with Crippen molar-refractivity contribution in [2.45, 2.75) is 6.42 Å². The zero-order valence-corrected chi connectivity index (χ0v) is 13.1. The number of anilines is 1. The maximum Gasteiger partial charge on any atom is 0.259 e. The molecule has 0 saturated carbocycles. The molecule has 1 amide bonds. The highest BCUT2D eigenvalue weighted by atomic mass is 19.1. The number of carbonyl (C=O) groups is 1. The van der Waals surface area contributed by atoms with Gasteiger partial charge in [-0.15, -0.1) is 0 Å². The number of ether oxygens (including phenoxy) is 1. The van der Waals surface area contributed by atoms with E-state index in [1.165, 1.54) is 18.2 Å². The van der Waals surface area contributed by atoms with Gasteiger partial charge in [0.25, 0.3) is 5.91 Å². The van der Waals surface area contributed by atoms with E-state index in [4.69, 9.17) is 4.74 Å². The van der Waals surface area contributed by atoms with E-state index < -0.39 is 5.82 Å². The molecule has 0 radical (unpaired) electrons. The van der Waals surface area contributed by atoms with Gasteiger partial charge in [-0.2, -0.15) is 0 Å². The summed E-state index contributed by atoms with van der Waals surface area (Å²) in [5, 5.41) is 1.01. The number of hydrogen-bond donors (Lipinski definition) is 0. The quantitative estimate of drug-likeness (QED) is 0.724. The molecule has 3 aromatic rings. The summed E-state index contributed by atoms with van der Waals surface area (Å²) in [6.45, 7) is 0.547. The molecule has 4 nitrogen and oxygen atoms in total. The van der Waals surface area contributed by atoms with Crippen molar-refractivity contribution in [2.24, 2.45) is 0 Å². The molecule has 2 heterocycles. The smallest absolute Gasteiger partial charge is 0.259 e. The lowest BCUT2D eigenvalue weighted by molar-refractivity contribution is 0.0988. The van der Waals surface area contributed by atoms with Gasteiger partial charge in [0.05, 0.1) is 12.6 Å². The second kappa shape index (κ2) is 5.60. The summed E-state index contributed by atoms with van der Waals surface area (Å²) >= 11 is 0. The molecule has 5 heteroatoms. The van der Waals surface area contributed by atoms with Crippen LogP contribution in [0.15, 0.2) is 48.5 Å². The number of amides is 1. The van der Waals surface area contributed by atoms with Crippen molar-refractivity contribution in [1.82, 2.24) is 4.98 Å². The summed E-state index contributed by atoms with van der Waals surface area (Å²) in [6.07, 6.45) is 0.741. The van der Waals surface area contributed by atoms with Crippen LogP contribution in [-0.2, 0) is 6.42 Å². The van der Waals surface area contributed by atoms with Crippen molar-refractivity contribution in [3.63, 3.8) is 0 Å². The number of carbonyl (C=O) groups excluding carboxylic acids is 1. The number of nitrogens with zero attached hydrogens (tertiary/aromatic N) is 2. The van der Waals surface area contributed by atoms with E-state index in [1.807, 2.05) is 18.2 Å². The van der Waals surface area contributed by atoms with Crippen LogP contribution < -0.4 is 9.64 Å². The summed E-state index contributed by atoms with van der Waals surface area (Å²) in [4.78, 5) is 19.0. The van der Waals surface area contributed by atoms with E-state index in [0.29, 0.717) is 17.9 Å². The van der Waals surface area contributed by atoms with Crippen LogP contribution in [0.2, 0.25) is 0 Å². The number of benzene rings is 2. The molecule has 0 N–H and O–H groups in total. The Kier molecular flexibility index (Phi) is 3.41. The number of aromatic nitrogens is 1. The predicted octanol–water partition coefficient (Wildman–Crippen LogP) is 3.59. The molecule has 0 spiro atoms. The lowest BCUT2D eigenvalue weighted by atomic mass is 10.1. The molecular formula is C19H15FN2O2. The Labute approximate surface area is 138 Å². The zero-order valence-electron chi connectivity index (χ0n) is 13.1. The Morgan fingerprint density at radius 3 is 2.88 bits per heavy atom. The average molecular weight is 322 g/mol. The molecule has 0 unspecified atom stereocenters. The SMILES string of the molecule is COc1ccc2cc3c(nc2c1)N(C(=O)c1cccc(F)c1)CC3. The minimum Gasteiger partial charge on any atom is -0.497 e. The molecule has 0 atom stereocenters. The summed E-state index contributed by atoms with van der Waals surface area (Å²) in [5.41, 5.74) is 2.12. The van der Waals surface area contributed by atoms with Crippen LogP contribution >= 0.6 is 0 Å². The second-order valence-electron chi connectivity index (χ2n) is 5.75.